The molecule has 0 spiro atoms. The van der Waals surface area contributed by atoms with Gasteiger partial charge < -0.3 is 9.47 Å². The molecule has 6 heteroatoms. The minimum atomic E-state index is -0.630. The Hall–Kier alpha value is -2.34. The molecule has 0 radical (unpaired) electrons. The first kappa shape index (κ1) is 17.0. The molecule has 0 fully saturated rings. The lowest BCUT2D eigenvalue weighted by atomic mass is 10.2. The summed E-state index contributed by atoms with van der Waals surface area (Å²) < 4.78 is 11.6. The molecule has 0 saturated heterocycles. The van der Waals surface area contributed by atoms with Crippen LogP contribution in [-0.2, 0) is 4.74 Å². The third kappa shape index (κ3) is 4.82. The van der Waals surface area contributed by atoms with Crippen LogP contribution in [0.5, 0.6) is 5.75 Å². The van der Waals surface area contributed by atoms with Crippen molar-refractivity contribution in [3.63, 3.8) is 0 Å². The van der Waals surface area contributed by atoms with E-state index in [0.717, 1.165) is 15.8 Å². The predicted octanol–water partition coefficient (Wildman–Crippen LogP) is 4.32. The number of ether oxygens (including phenoxy) is 2. The first-order valence-electron chi connectivity index (χ1n) is 7.15. The Bertz CT molecular complexity index is 744. The van der Waals surface area contributed by atoms with E-state index in [4.69, 9.17) is 14.9 Å². The fraction of sp³-hybridized carbons (Fsp3) is 0.294. The smallest absolute Gasteiger partial charge is 0.413 e. The zero-order chi connectivity index (χ0) is 17.0. The number of carbonyl (C=O) groups is 1. The number of fused-ring (bicyclic) bond motifs is 1. The normalized spacial score (nSPS) is 11.1. The van der Waals surface area contributed by atoms with Gasteiger partial charge in [-0.05, 0) is 50.4 Å². The van der Waals surface area contributed by atoms with Gasteiger partial charge in [-0.3, -0.25) is 10.7 Å². The van der Waals surface area contributed by atoms with Gasteiger partial charge in [-0.2, -0.15) is 0 Å². The number of nitrogens with one attached hydrogen (secondary N) is 2. The van der Waals surface area contributed by atoms with Crippen molar-refractivity contribution in [2.45, 2.75) is 26.4 Å². The van der Waals surface area contributed by atoms with Gasteiger partial charge in [-0.25, -0.2) is 4.79 Å². The monoisotopic (exact) mass is 332 g/mol. The highest BCUT2D eigenvalue weighted by Crippen LogP contribution is 2.29. The number of benzene rings is 1. The Balaban J connectivity index is 2.12. The molecule has 0 saturated carbocycles. The van der Waals surface area contributed by atoms with E-state index >= 15 is 0 Å². The van der Waals surface area contributed by atoms with Crippen LogP contribution in [0.25, 0.3) is 10.1 Å². The molecule has 122 valence electrons. The molecular formula is C17H20N2O3S. The van der Waals surface area contributed by atoms with E-state index in [9.17, 15) is 4.79 Å². The standard InChI is InChI=1S/C17H20N2O3S/c1-5-8-21-12-7-6-11-9-14(23-13(11)10-12)15(18)19-16(20)22-17(2,3)4/h5-7,9-10H,1,8H2,2-4H3,(H2,18,19,20). The summed E-state index contributed by atoms with van der Waals surface area (Å²) in [7, 11) is 0. The molecule has 1 amide bonds. The molecule has 1 heterocycles. The summed E-state index contributed by atoms with van der Waals surface area (Å²) in [5, 5.41) is 11.5. The van der Waals surface area contributed by atoms with E-state index < -0.39 is 11.7 Å². The first-order chi connectivity index (χ1) is 10.8. The van der Waals surface area contributed by atoms with Crippen molar-refractivity contribution in [3.8, 4) is 5.75 Å². The van der Waals surface area contributed by atoms with Gasteiger partial charge in [0.15, 0.2) is 0 Å². The number of hydrogen-bond acceptors (Lipinski definition) is 5. The Morgan fingerprint density at radius 3 is 2.78 bits per heavy atom. The SMILES string of the molecule is C=CCOc1ccc2cc(C(=N)NC(=O)OC(C)(C)C)sc2c1. The van der Waals surface area contributed by atoms with Crippen molar-refractivity contribution >= 4 is 33.4 Å². The number of carbonyl (C=O) groups excluding carboxylic acids is 1. The summed E-state index contributed by atoms with van der Waals surface area (Å²) in [5.41, 5.74) is -0.595. The average molecular weight is 332 g/mol. The van der Waals surface area contributed by atoms with E-state index in [-0.39, 0.29) is 5.84 Å². The molecule has 0 bridgehead atoms. The van der Waals surface area contributed by atoms with Gasteiger partial charge in [0, 0.05) is 4.70 Å². The Morgan fingerprint density at radius 2 is 2.13 bits per heavy atom. The molecule has 5 nitrogen and oxygen atoms in total. The van der Waals surface area contributed by atoms with Gasteiger partial charge in [0.25, 0.3) is 0 Å². The largest absolute Gasteiger partial charge is 0.490 e. The van der Waals surface area contributed by atoms with Crippen molar-refractivity contribution in [3.05, 3.63) is 41.8 Å². The molecule has 0 atom stereocenters. The fourth-order valence-electron chi connectivity index (χ4n) is 1.85. The predicted molar refractivity (Wildman–Crippen MR) is 93.7 cm³/mol. The molecule has 2 aromatic rings. The highest BCUT2D eigenvalue weighted by Gasteiger charge is 2.18. The van der Waals surface area contributed by atoms with E-state index in [2.05, 4.69) is 11.9 Å². The third-order valence-electron chi connectivity index (χ3n) is 2.73. The van der Waals surface area contributed by atoms with E-state index in [1.165, 1.54) is 11.3 Å². The molecule has 0 aliphatic rings. The fourth-order valence-corrected chi connectivity index (χ4v) is 2.84. The number of thiophene rings is 1. The molecule has 2 N–H and O–H groups in total. The van der Waals surface area contributed by atoms with E-state index in [1.54, 1.807) is 26.8 Å². The third-order valence-corrected chi connectivity index (χ3v) is 3.85. The topological polar surface area (TPSA) is 71.4 Å². The maximum Gasteiger partial charge on any atom is 0.413 e. The molecule has 0 aliphatic heterocycles. The zero-order valence-electron chi connectivity index (χ0n) is 13.4. The molecule has 2 rings (SSSR count). The van der Waals surface area contributed by atoms with E-state index in [0.29, 0.717) is 11.5 Å². The summed E-state index contributed by atoms with van der Waals surface area (Å²) in [4.78, 5) is 12.4. The van der Waals surface area contributed by atoms with Gasteiger partial charge in [0.2, 0.25) is 0 Å². The number of alkyl carbamates (subject to hydrolysis) is 1. The van der Waals surface area contributed by atoms with Gasteiger partial charge in [0.05, 0.1) is 4.88 Å². The molecule has 0 aliphatic carbocycles. The Morgan fingerprint density at radius 1 is 1.39 bits per heavy atom. The number of hydrogen-bond donors (Lipinski definition) is 2. The van der Waals surface area contributed by atoms with Crippen LogP contribution >= 0.6 is 11.3 Å². The number of amidine groups is 1. The number of amides is 1. The van der Waals surface area contributed by atoms with Crippen molar-refractivity contribution in [2.75, 3.05) is 6.61 Å². The lowest BCUT2D eigenvalue weighted by molar-refractivity contribution is 0.0563. The second-order valence-electron chi connectivity index (χ2n) is 5.91. The summed E-state index contributed by atoms with van der Waals surface area (Å²) in [6, 6.07) is 7.56. The Labute approximate surface area is 139 Å². The minimum Gasteiger partial charge on any atom is -0.490 e. The highest BCUT2D eigenvalue weighted by atomic mass is 32.1. The van der Waals surface area contributed by atoms with Crippen LogP contribution < -0.4 is 10.1 Å². The quantitative estimate of drug-likeness (QED) is 0.498. The second-order valence-corrected chi connectivity index (χ2v) is 7.00. The minimum absolute atomic E-state index is 0.0222. The highest BCUT2D eigenvalue weighted by molar-refractivity contribution is 7.20. The van der Waals surface area contributed by atoms with Gasteiger partial charge in [-0.1, -0.05) is 12.7 Å². The molecular weight excluding hydrogens is 312 g/mol. The van der Waals surface area contributed by atoms with Gasteiger partial charge >= 0.3 is 6.09 Å². The van der Waals surface area contributed by atoms with Crippen LogP contribution in [-0.4, -0.2) is 24.1 Å². The molecule has 1 aromatic heterocycles. The Kier molecular flexibility index (Phi) is 5.05. The molecule has 23 heavy (non-hydrogen) atoms. The van der Waals surface area contributed by atoms with Crippen LogP contribution in [0.3, 0.4) is 0 Å². The van der Waals surface area contributed by atoms with Crippen LogP contribution in [0.15, 0.2) is 36.9 Å². The van der Waals surface area contributed by atoms with Crippen LogP contribution in [0.2, 0.25) is 0 Å². The van der Waals surface area contributed by atoms with Crippen molar-refractivity contribution < 1.29 is 14.3 Å². The van der Waals surface area contributed by atoms with Crippen LogP contribution in [0, 0.1) is 5.41 Å². The number of rotatable bonds is 4. The summed E-state index contributed by atoms with van der Waals surface area (Å²) in [6.45, 7) is 9.39. The lowest BCUT2D eigenvalue weighted by Gasteiger charge is -2.19. The van der Waals surface area contributed by atoms with Crippen molar-refractivity contribution in [1.82, 2.24) is 5.32 Å². The summed E-state index contributed by atoms with van der Waals surface area (Å²) in [5.74, 6) is 0.770. The summed E-state index contributed by atoms with van der Waals surface area (Å²) in [6.07, 6.45) is 1.06. The second kappa shape index (κ2) is 6.83. The van der Waals surface area contributed by atoms with Crippen LogP contribution in [0.4, 0.5) is 4.79 Å². The van der Waals surface area contributed by atoms with Crippen LogP contribution in [0.1, 0.15) is 25.6 Å². The lowest BCUT2D eigenvalue weighted by Crippen LogP contribution is -2.36. The average Bonchev–Trinajstić information content (AvgIpc) is 2.86. The zero-order valence-corrected chi connectivity index (χ0v) is 14.3. The van der Waals surface area contributed by atoms with Crippen molar-refractivity contribution in [2.24, 2.45) is 0 Å². The van der Waals surface area contributed by atoms with Gasteiger partial charge in [-0.15, -0.1) is 11.3 Å². The van der Waals surface area contributed by atoms with E-state index in [1.807, 2.05) is 24.3 Å². The first-order valence-corrected chi connectivity index (χ1v) is 7.96. The molecule has 1 aromatic carbocycles. The van der Waals surface area contributed by atoms with Crippen molar-refractivity contribution in [1.29, 1.82) is 5.41 Å². The van der Waals surface area contributed by atoms with Gasteiger partial charge in [0.1, 0.15) is 23.8 Å². The summed E-state index contributed by atoms with van der Waals surface area (Å²) >= 11 is 1.41. The maximum absolute atomic E-state index is 11.7. The molecule has 0 unspecified atom stereocenters. The maximum atomic E-state index is 11.7.